The van der Waals surface area contributed by atoms with Crippen LogP contribution >= 0.6 is 0 Å². The average molecular weight is 1070 g/mol. The molecule has 9 nitrogen and oxygen atoms in total. The van der Waals surface area contributed by atoms with Gasteiger partial charge in [-0.15, -0.1) is 0 Å². The van der Waals surface area contributed by atoms with Crippen molar-refractivity contribution in [3.05, 3.63) is 158 Å². The monoisotopic (exact) mass is 1070 g/mol. The molecule has 0 aromatic heterocycles. The number of hydrogen-bond donors (Lipinski definition) is 1. The Morgan fingerprint density at radius 3 is 1.08 bits per heavy atom. The third-order valence-electron chi connectivity index (χ3n) is 11.8. The predicted octanol–water partition coefficient (Wildman–Crippen LogP) is 17.8. The summed E-state index contributed by atoms with van der Waals surface area (Å²) in [6.07, 6.45) is 81.9. The van der Waals surface area contributed by atoms with Crippen LogP contribution in [-0.2, 0) is 33.3 Å². The summed E-state index contributed by atoms with van der Waals surface area (Å²) in [5.74, 6) is -2.11. The van der Waals surface area contributed by atoms with Crippen molar-refractivity contribution >= 4 is 17.9 Å². The van der Waals surface area contributed by atoms with Crippen LogP contribution < -0.4 is 0 Å². The first kappa shape index (κ1) is 71.9. The molecule has 432 valence electrons. The number of aliphatic carboxylic acids is 1. The number of carbonyl (C=O) groups excluding carboxylic acids is 2. The normalized spacial score (nSPS) is 13.9. The molecule has 0 rings (SSSR count). The van der Waals surface area contributed by atoms with E-state index in [9.17, 15) is 19.5 Å². The minimum atomic E-state index is -1.53. The number of hydrogen-bond acceptors (Lipinski definition) is 7. The van der Waals surface area contributed by atoms with Crippen LogP contribution in [0.2, 0.25) is 0 Å². The predicted molar refractivity (Wildman–Crippen MR) is 327 cm³/mol. The van der Waals surface area contributed by atoms with E-state index in [0.29, 0.717) is 23.9 Å². The molecule has 0 radical (unpaired) electrons. The van der Waals surface area contributed by atoms with E-state index in [4.69, 9.17) is 18.9 Å². The van der Waals surface area contributed by atoms with E-state index in [1.807, 2.05) is 21.1 Å². The van der Waals surface area contributed by atoms with Crippen LogP contribution in [0.5, 0.6) is 0 Å². The van der Waals surface area contributed by atoms with Crippen molar-refractivity contribution < 1.29 is 42.9 Å². The van der Waals surface area contributed by atoms with Gasteiger partial charge in [-0.05, 0) is 116 Å². The van der Waals surface area contributed by atoms with Crippen molar-refractivity contribution in [2.24, 2.45) is 0 Å². The molecule has 0 saturated heterocycles. The van der Waals surface area contributed by atoms with Crippen molar-refractivity contribution in [3.8, 4) is 0 Å². The Labute approximate surface area is 470 Å². The third kappa shape index (κ3) is 58.4. The number of likely N-dealkylation sites (N-methyl/N-ethyl adjacent to an activating group) is 1. The summed E-state index contributed by atoms with van der Waals surface area (Å²) < 4.78 is 22.8. The summed E-state index contributed by atoms with van der Waals surface area (Å²) >= 11 is 0. The van der Waals surface area contributed by atoms with E-state index in [0.717, 1.165) is 116 Å². The summed E-state index contributed by atoms with van der Waals surface area (Å²) in [5, 5.41) is 9.70. The molecule has 0 fully saturated rings. The zero-order valence-electron chi connectivity index (χ0n) is 49.0. The molecule has 0 spiro atoms. The number of carboxylic acid groups (broad SMARTS) is 1. The van der Waals surface area contributed by atoms with Crippen LogP contribution in [-0.4, -0.2) is 87.4 Å². The van der Waals surface area contributed by atoms with Gasteiger partial charge in [0, 0.05) is 12.8 Å². The summed E-state index contributed by atoms with van der Waals surface area (Å²) in [7, 11) is 5.94. The van der Waals surface area contributed by atoms with Gasteiger partial charge in [0.2, 0.25) is 0 Å². The highest BCUT2D eigenvalue weighted by Crippen LogP contribution is 2.14. The molecular weight excluding hydrogens is 959 g/mol. The quantitative estimate of drug-likeness (QED) is 0.0211. The number of carbonyl (C=O) groups is 3. The van der Waals surface area contributed by atoms with Gasteiger partial charge in [0.15, 0.2) is 6.10 Å². The minimum Gasteiger partial charge on any atom is -0.477 e. The van der Waals surface area contributed by atoms with Crippen LogP contribution in [0.3, 0.4) is 0 Å². The first-order chi connectivity index (χ1) is 37.6. The molecule has 77 heavy (non-hydrogen) atoms. The zero-order chi connectivity index (χ0) is 56.2. The number of nitrogens with zero attached hydrogens (tertiary/aromatic N) is 1. The number of carboxylic acids is 1. The van der Waals surface area contributed by atoms with Crippen molar-refractivity contribution in [2.45, 2.75) is 206 Å². The number of ether oxygens (including phenoxy) is 4. The molecule has 0 aromatic rings. The fourth-order valence-corrected chi connectivity index (χ4v) is 7.30. The van der Waals surface area contributed by atoms with E-state index in [-0.39, 0.29) is 32.7 Å². The Morgan fingerprint density at radius 1 is 0.390 bits per heavy atom. The van der Waals surface area contributed by atoms with E-state index in [1.165, 1.54) is 38.5 Å². The van der Waals surface area contributed by atoms with Crippen molar-refractivity contribution in [1.82, 2.24) is 0 Å². The van der Waals surface area contributed by atoms with Crippen LogP contribution in [0, 0.1) is 0 Å². The van der Waals surface area contributed by atoms with Gasteiger partial charge in [-0.25, -0.2) is 4.79 Å². The van der Waals surface area contributed by atoms with Gasteiger partial charge in [-0.2, -0.15) is 0 Å². The lowest BCUT2D eigenvalue weighted by Crippen LogP contribution is -2.40. The second-order valence-electron chi connectivity index (χ2n) is 20.2. The largest absolute Gasteiger partial charge is 0.477 e. The van der Waals surface area contributed by atoms with E-state index in [1.54, 1.807) is 0 Å². The standard InChI is InChI=1S/C68H107NO8/c1-6-8-10-12-14-16-18-20-22-24-25-26-27-28-29-30-31-32-33-34-35-36-37-38-39-40-41-43-45-47-49-51-53-55-57-59-66(71)77-64(63-76-68(67(72)73)74-61-60-69(3,4)5)62-75-65(70)58-56-54-52-50-48-46-44-42-23-21-19-17-15-13-11-9-7-2/h8-11,14-17,20-23,25-26,28-29,31-32,34-35,37-38,44,46,50,52,64,68H,6-7,12-13,18-19,24,27,30,33,36,39-43,45,47-49,51,53-63H2,1-5H3/p+1/b10-8-,11-9-,16-14-,17-15-,22-20-,23-21-,26-25-,29-28-,32-31-,35-34-,38-37-,46-44-,52-50-. The highest BCUT2D eigenvalue weighted by Gasteiger charge is 2.25. The molecule has 0 aliphatic heterocycles. The molecule has 2 atom stereocenters. The Hall–Kier alpha value is -5.09. The maximum Gasteiger partial charge on any atom is 0.361 e. The van der Waals surface area contributed by atoms with Gasteiger partial charge in [0.05, 0.1) is 34.4 Å². The molecule has 0 aliphatic rings. The Balaban J connectivity index is 4.28. The van der Waals surface area contributed by atoms with Crippen LogP contribution in [0.25, 0.3) is 0 Å². The van der Waals surface area contributed by atoms with Gasteiger partial charge in [-0.1, -0.05) is 223 Å². The summed E-state index contributed by atoms with van der Waals surface area (Å²) in [4.78, 5) is 37.4. The van der Waals surface area contributed by atoms with E-state index >= 15 is 0 Å². The van der Waals surface area contributed by atoms with E-state index in [2.05, 4.69) is 172 Å². The first-order valence-electron chi connectivity index (χ1n) is 29.6. The van der Waals surface area contributed by atoms with Crippen molar-refractivity contribution in [2.75, 3.05) is 47.5 Å². The van der Waals surface area contributed by atoms with Gasteiger partial charge >= 0.3 is 17.9 Å². The topological polar surface area (TPSA) is 108 Å². The number of esters is 2. The molecule has 0 aliphatic carbocycles. The Morgan fingerprint density at radius 2 is 0.714 bits per heavy atom. The molecule has 0 amide bonds. The average Bonchev–Trinajstić information content (AvgIpc) is 3.40. The molecule has 9 heteroatoms. The maximum atomic E-state index is 12.9. The molecule has 0 aromatic carbocycles. The Bertz CT molecular complexity index is 1810. The third-order valence-corrected chi connectivity index (χ3v) is 11.8. The molecule has 2 unspecified atom stereocenters. The lowest BCUT2D eigenvalue weighted by atomic mass is 10.0. The summed E-state index contributed by atoms with van der Waals surface area (Å²) in [6, 6.07) is 0. The Kier molecular flexibility index (Phi) is 53.3. The molecule has 1 N–H and O–H groups in total. The van der Waals surface area contributed by atoms with Gasteiger partial charge < -0.3 is 28.5 Å². The molecule has 0 heterocycles. The summed E-state index contributed by atoms with van der Waals surface area (Å²) in [5.41, 5.74) is 0. The smallest absolute Gasteiger partial charge is 0.361 e. The molecular formula is C68H108NO8+. The fraction of sp³-hybridized carbons (Fsp3) is 0.574. The van der Waals surface area contributed by atoms with Crippen LogP contribution in [0.1, 0.15) is 194 Å². The lowest BCUT2D eigenvalue weighted by molar-refractivity contribution is -0.870. The number of unbranched alkanes of at least 4 members (excludes halogenated alkanes) is 11. The van der Waals surface area contributed by atoms with Crippen LogP contribution in [0.4, 0.5) is 0 Å². The summed E-state index contributed by atoms with van der Waals surface area (Å²) in [6.45, 7) is 4.55. The number of quaternary nitrogens is 1. The zero-order valence-corrected chi connectivity index (χ0v) is 49.0. The second kappa shape index (κ2) is 57.1. The van der Waals surface area contributed by atoms with Crippen LogP contribution in [0.15, 0.2) is 158 Å². The highest BCUT2D eigenvalue weighted by atomic mass is 16.7. The fourth-order valence-electron chi connectivity index (χ4n) is 7.30. The maximum absolute atomic E-state index is 12.9. The van der Waals surface area contributed by atoms with Gasteiger partial charge in [-0.3, -0.25) is 9.59 Å². The van der Waals surface area contributed by atoms with E-state index < -0.39 is 30.3 Å². The van der Waals surface area contributed by atoms with Crippen molar-refractivity contribution in [1.29, 1.82) is 0 Å². The minimum absolute atomic E-state index is 0.169. The SMILES string of the molecule is CC/C=C\C/C=C\C/C=C\C/C=C\C/C=C\C/C=C\C/C=C\C/C=C\CCCCCCCCCCCCC(=O)OC(COC(=O)CCC/C=C\C/C=C\C/C=C\C/C=C\C/C=C\CC)COC(OCC[N+](C)(C)C)C(=O)O. The van der Waals surface area contributed by atoms with Gasteiger partial charge in [0.1, 0.15) is 13.2 Å². The van der Waals surface area contributed by atoms with Gasteiger partial charge in [0.25, 0.3) is 6.29 Å². The lowest BCUT2D eigenvalue weighted by Gasteiger charge is -2.25. The molecule has 0 bridgehead atoms. The highest BCUT2D eigenvalue weighted by molar-refractivity contribution is 5.71. The molecule has 0 saturated carbocycles. The number of rotatable bonds is 52. The first-order valence-corrected chi connectivity index (χ1v) is 29.6. The second-order valence-corrected chi connectivity index (χ2v) is 20.2. The number of allylic oxidation sites excluding steroid dienone is 26. The van der Waals surface area contributed by atoms with Crippen molar-refractivity contribution in [3.63, 3.8) is 0 Å².